The summed E-state index contributed by atoms with van der Waals surface area (Å²) in [5.41, 5.74) is 6.30. The Labute approximate surface area is 181 Å². The van der Waals surface area contributed by atoms with Crippen LogP contribution in [0.4, 0.5) is 0 Å². The molecule has 31 heavy (non-hydrogen) atoms. The van der Waals surface area contributed by atoms with Gasteiger partial charge in [0, 0.05) is 25.5 Å². The second-order valence-electron chi connectivity index (χ2n) is 8.08. The molecule has 3 aromatic rings. The number of imide groups is 1. The number of carbonyl (C=O) groups is 2. The number of aromatic nitrogens is 1. The largest absolute Gasteiger partial charge is 0.362 e. The van der Waals surface area contributed by atoms with Crippen molar-refractivity contribution in [3.8, 4) is 0 Å². The van der Waals surface area contributed by atoms with Gasteiger partial charge in [0.05, 0.1) is 12.1 Å². The molecule has 0 saturated heterocycles. The number of benzene rings is 2. The summed E-state index contributed by atoms with van der Waals surface area (Å²) >= 11 is 0. The Morgan fingerprint density at radius 1 is 0.871 bits per heavy atom. The van der Waals surface area contributed by atoms with Gasteiger partial charge >= 0.3 is 0 Å². The van der Waals surface area contributed by atoms with E-state index in [0.717, 1.165) is 23.1 Å². The maximum absolute atomic E-state index is 13.6. The van der Waals surface area contributed by atoms with Gasteiger partial charge in [0.25, 0.3) is 11.8 Å². The molecular weight excluding hydrogens is 386 g/mol. The normalized spacial score (nSPS) is 16.2. The molecule has 0 atom stereocenters. The summed E-state index contributed by atoms with van der Waals surface area (Å²) in [6.07, 6.45) is 4.21. The number of rotatable bonds is 4. The zero-order valence-electron chi connectivity index (χ0n) is 17.4. The molecule has 0 spiro atoms. The van der Waals surface area contributed by atoms with E-state index in [2.05, 4.69) is 22.0 Å². The van der Waals surface area contributed by atoms with Gasteiger partial charge in [-0.1, -0.05) is 54.1 Å². The molecule has 5 heteroatoms. The highest BCUT2D eigenvalue weighted by Gasteiger charge is 2.42. The molecule has 0 saturated carbocycles. The highest BCUT2D eigenvalue weighted by molar-refractivity contribution is 6.35. The molecule has 0 radical (unpaired) electrons. The van der Waals surface area contributed by atoms with Crippen LogP contribution >= 0.6 is 0 Å². The van der Waals surface area contributed by atoms with E-state index in [0.29, 0.717) is 24.4 Å². The third kappa shape index (κ3) is 3.52. The molecular formula is C26H23N3O2. The Kier molecular flexibility index (Phi) is 4.86. The van der Waals surface area contributed by atoms with Crippen molar-refractivity contribution >= 4 is 17.4 Å². The number of hydrogen-bond donors (Lipinski definition) is 0. The van der Waals surface area contributed by atoms with E-state index in [1.54, 1.807) is 12.4 Å². The van der Waals surface area contributed by atoms with Crippen LogP contribution < -0.4 is 0 Å². The van der Waals surface area contributed by atoms with Gasteiger partial charge in [0.15, 0.2) is 0 Å². The molecule has 0 bridgehead atoms. The third-order valence-corrected chi connectivity index (χ3v) is 6.02. The number of nitrogens with zero attached hydrogens (tertiary/aromatic N) is 3. The molecule has 0 aliphatic carbocycles. The first-order chi connectivity index (χ1) is 15.1. The molecule has 0 N–H and O–H groups in total. The first-order valence-electron chi connectivity index (χ1n) is 10.5. The van der Waals surface area contributed by atoms with Crippen molar-refractivity contribution in [1.82, 2.24) is 14.8 Å². The van der Waals surface area contributed by atoms with Gasteiger partial charge in [-0.15, -0.1) is 0 Å². The van der Waals surface area contributed by atoms with Gasteiger partial charge in [-0.2, -0.15) is 0 Å². The van der Waals surface area contributed by atoms with Crippen LogP contribution in [0.25, 0.3) is 5.57 Å². The minimum atomic E-state index is -0.237. The van der Waals surface area contributed by atoms with Crippen LogP contribution in [0.15, 0.2) is 78.8 Å². The number of pyridine rings is 1. The predicted octanol–water partition coefficient (Wildman–Crippen LogP) is 3.73. The van der Waals surface area contributed by atoms with E-state index in [9.17, 15) is 9.59 Å². The van der Waals surface area contributed by atoms with Gasteiger partial charge < -0.3 is 4.90 Å². The predicted molar refractivity (Wildman–Crippen MR) is 118 cm³/mol. The summed E-state index contributed by atoms with van der Waals surface area (Å²) < 4.78 is 0. The van der Waals surface area contributed by atoms with Crippen molar-refractivity contribution < 1.29 is 9.59 Å². The van der Waals surface area contributed by atoms with Gasteiger partial charge in [0.2, 0.25) is 0 Å². The lowest BCUT2D eigenvalue weighted by molar-refractivity contribution is -0.138. The molecule has 2 amide bonds. The maximum Gasteiger partial charge on any atom is 0.278 e. The highest BCUT2D eigenvalue weighted by atomic mass is 16.2. The van der Waals surface area contributed by atoms with E-state index in [1.807, 2.05) is 55.5 Å². The van der Waals surface area contributed by atoms with Crippen LogP contribution in [0.3, 0.4) is 0 Å². The molecule has 2 aliphatic heterocycles. The fraction of sp³-hybridized carbons (Fsp3) is 0.192. The van der Waals surface area contributed by atoms with E-state index in [1.165, 1.54) is 16.0 Å². The molecule has 5 nitrogen and oxygen atoms in total. The third-order valence-electron chi connectivity index (χ3n) is 6.02. The van der Waals surface area contributed by atoms with Crippen LogP contribution in [0.5, 0.6) is 0 Å². The lowest BCUT2D eigenvalue weighted by atomic mass is 9.97. The monoisotopic (exact) mass is 409 g/mol. The smallest absolute Gasteiger partial charge is 0.278 e. The number of carbonyl (C=O) groups excluding carboxylic acids is 2. The molecule has 2 aromatic carbocycles. The summed E-state index contributed by atoms with van der Waals surface area (Å²) in [7, 11) is 0. The lowest BCUT2D eigenvalue weighted by Gasteiger charge is -2.31. The molecule has 0 fully saturated rings. The van der Waals surface area contributed by atoms with E-state index < -0.39 is 0 Å². The van der Waals surface area contributed by atoms with Crippen LogP contribution in [0.1, 0.15) is 27.8 Å². The Balaban J connectivity index is 1.56. The topological polar surface area (TPSA) is 53.5 Å². The zero-order valence-corrected chi connectivity index (χ0v) is 17.4. The minimum Gasteiger partial charge on any atom is -0.362 e. The van der Waals surface area contributed by atoms with Gasteiger partial charge in [-0.3, -0.25) is 19.5 Å². The van der Waals surface area contributed by atoms with Crippen molar-refractivity contribution in [1.29, 1.82) is 0 Å². The van der Waals surface area contributed by atoms with Crippen molar-refractivity contribution in [2.75, 3.05) is 6.54 Å². The van der Waals surface area contributed by atoms with Gasteiger partial charge in [-0.25, -0.2) is 0 Å². The number of amides is 2. The van der Waals surface area contributed by atoms with E-state index in [4.69, 9.17) is 0 Å². The standard InChI is InChI=1S/C26H23N3O2/c1-18-6-8-21(9-7-18)23-24(28-15-12-20-4-2-3-5-22(20)17-28)26(31)29(25(23)30)16-19-10-13-27-14-11-19/h2-11,13-14H,12,15-17H2,1H3. The fourth-order valence-electron chi connectivity index (χ4n) is 4.34. The summed E-state index contributed by atoms with van der Waals surface area (Å²) in [5.74, 6) is -0.462. The average molecular weight is 409 g/mol. The van der Waals surface area contributed by atoms with Crippen molar-refractivity contribution in [3.05, 3.63) is 107 Å². The van der Waals surface area contributed by atoms with Crippen LogP contribution in [0.2, 0.25) is 0 Å². The molecule has 5 rings (SSSR count). The number of hydrogen-bond acceptors (Lipinski definition) is 4. The van der Waals surface area contributed by atoms with Crippen molar-refractivity contribution in [2.45, 2.75) is 26.4 Å². The maximum atomic E-state index is 13.6. The number of aryl methyl sites for hydroxylation is 1. The summed E-state index contributed by atoms with van der Waals surface area (Å²) in [6, 6.07) is 19.8. The van der Waals surface area contributed by atoms with Crippen LogP contribution in [0, 0.1) is 6.92 Å². The molecule has 2 aliphatic rings. The molecule has 0 unspecified atom stereocenters. The quantitative estimate of drug-likeness (QED) is 0.616. The lowest BCUT2D eigenvalue weighted by Crippen LogP contribution is -2.37. The number of fused-ring (bicyclic) bond motifs is 1. The van der Waals surface area contributed by atoms with E-state index in [-0.39, 0.29) is 18.4 Å². The van der Waals surface area contributed by atoms with Crippen LogP contribution in [-0.4, -0.2) is 33.1 Å². The second-order valence-corrected chi connectivity index (χ2v) is 8.08. The first kappa shape index (κ1) is 19.2. The van der Waals surface area contributed by atoms with Crippen LogP contribution in [-0.2, 0) is 29.1 Å². The van der Waals surface area contributed by atoms with Crippen molar-refractivity contribution in [2.24, 2.45) is 0 Å². The second kappa shape index (κ2) is 7.84. The molecule has 154 valence electrons. The Morgan fingerprint density at radius 3 is 2.32 bits per heavy atom. The highest BCUT2D eigenvalue weighted by Crippen LogP contribution is 2.35. The van der Waals surface area contributed by atoms with E-state index >= 15 is 0 Å². The molecule has 3 heterocycles. The summed E-state index contributed by atoms with van der Waals surface area (Å²) in [5, 5.41) is 0. The average Bonchev–Trinajstić information content (AvgIpc) is 3.05. The molecule has 1 aromatic heterocycles. The first-order valence-corrected chi connectivity index (χ1v) is 10.5. The summed E-state index contributed by atoms with van der Waals surface area (Å²) in [4.78, 5) is 34.5. The Hall–Kier alpha value is -3.73. The Morgan fingerprint density at radius 2 is 1.58 bits per heavy atom. The summed E-state index contributed by atoms with van der Waals surface area (Å²) in [6.45, 7) is 3.59. The fourth-order valence-corrected chi connectivity index (χ4v) is 4.34. The SMILES string of the molecule is Cc1ccc(C2=C(N3CCc4ccccc4C3)C(=O)N(Cc3ccncc3)C2=O)cc1. The van der Waals surface area contributed by atoms with Crippen molar-refractivity contribution in [3.63, 3.8) is 0 Å². The zero-order chi connectivity index (χ0) is 21.4. The van der Waals surface area contributed by atoms with Gasteiger partial charge in [0.1, 0.15) is 5.70 Å². The minimum absolute atomic E-state index is 0.225. The van der Waals surface area contributed by atoms with Gasteiger partial charge in [-0.05, 0) is 47.7 Å². The Bertz CT molecular complexity index is 1180.